The maximum absolute atomic E-state index is 11.9. The van der Waals surface area contributed by atoms with Gasteiger partial charge in [0, 0.05) is 65.0 Å². The molecule has 2 N–H and O–H groups in total. The highest BCUT2D eigenvalue weighted by Crippen LogP contribution is 2.13. The molecule has 1 atom stereocenters. The number of nitrogens with zero attached hydrogens (tertiary/aromatic N) is 4. The van der Waals surface area contributed by atoms with Gasteiger partial charge in [-0.25, -0.2) is 4.99 Å². The van der Waals surface area contributed by atoms with Crippen molar-refractivity contribution in [2.45, 2.75) is 31.8 Å². The van der Waals surface area contributed by atoms with Crippen molar-refractivity contribution in [1.29, 1.82) is 0 Å². The van der Waals surface area contributed by atoms with Crippen LogP contribution in [-0.4, -0.2) is 86.2 Å². The van der Waals surface area contributed by atoms with Crippen LogP contribution >= 0.6 is 0 Å². The molecule has 3 rings (SSSR count). The molecule has 0 aliphatic carbocycles. The number of likely N-dealkylation sites (N-methyl/N-ethyl adjacent to an activating group) is 1. The molecule has 0 bridgehead atoms. The highest BCUT2D eigenvalue weighted by atomic mass is 16.5. The Kier molecular flexibility index (Phi) is 8.25. The Balaban J connectivity index is 1.48. The summed E-state index contributed by atoms with van der Waals surface area (Å²) in [5.41, 5.74) is 1.11. The maximum atomic E-state index is 11.9. The van der Waals surface area contributed by atoms with Gasteiger partial charge in [-0.15, -0.1) is 0 Å². The number of likely N-dealkylation sites (tertiary alicyclic amines) is 1. The van der Waals surface area contributed by atoms with Crippen LogP contribution in [0.25, 0.3) is 0 Å². The van der Waals surface area contributed by atoms with Crippen molar-refractivity contribution in [3.05, 3.63) is 30.1 Å². The van der Waals surface area contributed by atoms with E-state index in [0.29, 0.717) is 12.0 Å². The number of guanidine groups is 1. The van der Waals surface area contributed by atoms with Crippen molar-refractivity contribution in [3.8, 4) is 0 Å². The molecule has 2 aliphatic rings. The SMILES string of the molecule is CN(C)C(=O)CN=C(NCC1CCOC1)NC1CCN(Cc2ccccn2)CC1. The van der Waals surface area contributed by atoms with Crippen LogP contribution in [0.15, 0.2) is 29.4 Å². The number of piperidine rings is 1. The second-order valence-electron chi connectivity index (χ2n) is 8.08. The molecule has 3 heterocycles. The Hall–Kier alpha value is -2.19. The molecule has 2 fully saturated rings. The number of aromatic nitrogens is 1. The van der Waals surface area contributed by atoms with Gasteiger partial charge in [0.15, 0.2) is 5.96 Å². The number of carbonyl (C=O) groups excluding carboxylic acids is 1. The molecule has 1 amide bonds. The fourth-order valence-electron chi connectivity index (χ4n) is 3.58. The summed E-state index contributed by atoms with van der Waals surface area (Å²) in [4.78, 5) is 24.9. The summed E-state index contributed by atoms with van der Waals surface area (Å²) in [7, 11) is 3.51. The average molecular weight is 403 g/mol. The number of amides is 1. The summed E-state index contributed by atoms with van der Waals surface area (Å²) in [5.74, 6) is 1.24. The number of carbonyl (C=O) groups is 1. The first-order chi connectivity index (χ1) is 14.1. The highest BCUT2D eigenvalue weighted by molar-refractivity contribution is 5.84. The minimum absolute atomic E-state index is 0.000445. The predicted octanol–water partition coefficient (Wildman–Crippen LogP) is 0.706. The molecule has 2 aliphatic heterocycles. The number of nitrogens with one attached hydrogen (secondary N) is 2. The molecule has 8 nitrogen and oxygen atoms in total. The fraction of sp³-hybridized carbons (Fsp3) is 0.667. The fourth-order valence-corrected chi connectivity index (χ4v) is 3.58. The molecule has 8 heteroatoms. The van der Waals surface area contributed by atoms with E-state index in [0.717, 1.165) is 70.3 Å². The summed E-state index contributed by atoms with van der Waals surface area (Å²) in [6, 6.07) is 6.42. The van der Waals surface area contributed by atoms with Crippen molar-refractivity contribution < 1.29 is 9.53 Å². The predicted molar refractivity (Wildman–Crippen MR) is 114 cm³/mol. The van der Waals surface area contributed by atoms with Crippen LogP contribution in [0.4, 0.5) is 0 Å². The van der Waals surface area contributed by atoms with Gasteiger partial charge in [0.2, 0.25) is 5.91 Å². The minimum Gasteiger partial charge on any atom is -0.381 e. The smallest absolute Gasteiger partial charge is 0.243 e. The molecule has 1 aromatic rings. The van der Waals surface area contributed by atoms with Gasteiger partial charge in [-0.1, -0.05) is 6.07 Å². The molecule has 0 radical (unpaired) electrons. The van der Waals surface area contributed by atoms with Crippen molar-refractivity contribution in [1.82, 2.24) is 25.4 Å². The molecule has 29 heavy (non-hydrogen) atoms. The number of aliphatic imine (C=N–C) groups is 1. The van der Waals surface area contributed by atoms with E-state index in [-0.39, 0.29) is 12.5 Å². The first kappa shape index (κ1) is 21.5. The Bertz CT molecular complexity index is 652. The first-order valence-electron chi connectivity index (χ1n) is 10.5. The van der Waals surface area contributed by atoms with Gasteiger partial charge in [0.25, 0.3) is 0 Å². The third-order valence-electron chi connectivity index (χ3n) is 5.49. The molecular formula is C21H34N6O2. The van der Waals surface area contributed by atoms with Gasteiger partial charge in [-0.2, -0.15) is 0 Å². The minimum atomic E-state index is 0.000445. The Morgan fingerprint density at radius 3 is 2.79 bits per heavy atom. The summed E-state index contributed by atoms with van der Waals surface area (Å²) in [6.07, 6.45) is 5.01. The van der Waals surface area contributed by atoms with Crippen molar-refractivity contribution in [2.75, 3.05) is 53.5 Å². The van der Waals surface area contributed by atoms with Gasteiger partial charge >= 0.3 is 0 Å². The van der Waals surface area contributed by atoms with Crippen LogP contribution in [0.5, 0.6) is 0 Å². The van der Waals surface area contributed by atoms with Gasteiger partial charge in [-0.3, -0.25) is 14.7 Å². The van der Waals surface area contributed by atoms with E-state index >= 15 is 0 Å². The van der Waals surface area contributed by atoms with Crippen LogP contribution in [0.3, 0.4) is 0 Å². The first-order valence-corrected chi connectivity index (χ1v) is 10.5. The van der Waals surface area contributed by atoms with Gasteiger partial charge in [0.1, 0.15) is 6.54 Å². The van der Waals surface area contributed by atoms with E-state index < -0.39 is 0 Å². The molecule has 0 aromatic carbocycles. The number of ether oxygens (including phenoxy) is 1. The van der Waals surface area contributed by atoms with Crippen molar-refractivity contribution >= 4 is 11.9 Å². The van der Waals surface area contributed by atoms with E-state index in [1.54, 1.807) is 19.0 Å². The third-order valence-corrected chi connectivity index (χ3v) is 5.49. The lowest BCUT2D eigenvalue weighted by Crippen LogP contribution is -2.49. The second-order valence-corrected chi connectivity index (χ2v) is 8.08. The van der Waals surface area contributed by atoms with Crippen molar-refractivity contribution in [3.63, 3.8) is 0 Å². The average Bonchev–Trinajstić information content (AvgIpc) is 3.25. The molecular weight excluding hydrogens is 368 g/mol. The van der Waals surface area contributed by atoms with Crippen LogP contribution in [0.1, 0.15) is 25.0 Å². The zero-order valence-electron chi connectivity index (χ0n) is 17.6. The summed E-state index contributed by atoms with van der Waals surface area (Å²) >= 11 is 0. The molecule has 0 saturated carbocycles. The number of hydrogen-bond acceptors (Lipinski definition) is 5. The van der Waals surface area contributed by atoms with E-state index in [1.165, 1.54) is 0 Å². The monoisotopic (exact) mass is 402 g/mol. The standard InChI is InChI=1S/C21H34N6O2/c1-26(2)20(28)14-24-21(23-13-17-8-12-29-16-17)25-18-6-10-27(11-7-18)15-19-5-3-4-9-22-19/h3-5,9,17-18H,6-8,10-16H2,1-2H3,(H2,23,24,25). The van der Waals surface area contributed by atoms with Crippen LogP contribution in [0, 0.1) is 5.92 Å². The molecule has 0 spiro atoms. The maximum Gasteiger partial charge on any atom is 0.243 e. The Labute approximate surface area is 173 Å². The van der Waals surface area contributed by atoms with Crippen LogP contribution in [0.2, 0.25) is 0 Å². The van der Waals surface area contributed by atoms with E-state index in [1.807, 2.05) is 18.3 Å². The lowest BCUT2D eigenvalue weighted by molar-refractivity contribution is -0.127. The normalized spacial score (nSPS) is 21.2. The van der Waals surface area contributed by atoms with E-state index in [4.69, 9.17) is 4.74 Å². The van der Waals surface area contributed by atoms with E-state index in [9.17, 15) is 4.79 Å². The van der Waals surface area contributed by atoms with Gasteiger partial charge in [0.05, 0.1) is 12.3 Å². The zero-order chi connectivity index (χ0) is 20.5. The number of pyridine rings is 1. The summed E-state index contributed by atoms with van der Waals surface area (Å²) in [6.45, 7) is 5.54. The lowest BCUT2D eigenvalue weighted by atomic mass is 10.0. The lowest BCUT2D eigenvalue weighted by Gasteiger charge is -2.33. The third kappa shape index (κ3) is 7.29. The molecule has 1 aromatic heterocycles. The van der Waals surface area contributed by atoms with Crippen LogP contribution in [-0.2, 0) is 16.1 Å². The molecule has 160 valence electrons. The van der Waals surface area contributed by atoms with Crippen molar-refractivity contribution in [2.24, 2.45) is 10.9 Å². The highest BCUT2D eigenvalue weighted by Gasteiger charge is 2.21. The summed E-state index contributed by atoms with van der Waals surface area (Å²) in [5, 5.41) is 6.96. The quantitative estimate of drug-likeness (QED) is 0.516. The van der Waals surface area contributed by atoms with Gasteiger partial charge in [-0.05, 0) is 31.4 Å². The number of hydrogen-bond donors (Lipinski definition) is 2. The van der Waals surface area contributed by atoms with Gasteiger partial charge < -0.3 is 20.3 Å². The number of rotatable bonds is 7. The summed E-state index contributed by atoms with van der Waals surface area (Å²) < 4.78 is 5.46. The Morgan fingerprint density at radius 1 is 1.31 bits per heavy atom. The second kappa shape index (κ2) is 11.1. The zero-order valence-corrected chi connectivity index (χ0v) is 17.6. The molecule has 2 saturated heterocycles. The van der Waals surface area contributed by atoms with E-state index in [2.05, 4.69) is 31.6 Å². The Morgan fingerprint density at radius 2 is 2.14 bits per heavy atom. The topological polar surface area (TPSA) is 82.1 Å². The molecule has 1 unspecified atom stereocenters. The largest absolute Gasteiger partial charge is 0.381 e. The van der Waals surface area contributed by atoms with Crippen LogP contribution < -0.4 is 10.6 Å².